The summed E-state index contributed by atoms with van der Waals surface area (Å²) in [6.45, 7) is 4.12. The lowest BCUT2D eigenvalue weighted by Gasteiger charge is -2.15. The van der Waals surface area contributed by atoms with Crippen LogP contribution in [0.1, 0.15) is 30.9 Å². The van der Waals surface area contributed by atoms with Crippen molar-refractivity contribution in [2.45, 2.75) is 25.9 Å². The number of hydrogen-bond donors (Lipinski definition) is 2. The zero-order valence-electron chi connectivity index (χ0n) is 11.8. The van der Waals surface area contributed by atoms with Crippen molar-refractivity contribution in [1.82, 2.24) is 0 Å². The Morgan fingerprint density at radius 3 is 2.14 bits per heavy atom. The first-order chi connectivity index (χ1) is 9.77. The van der Waals surface area contributed by atoms with Gasteiger partial charge >= 0.3 is 6.18 Å². The molecule has 0 aromatic heterocycles. The van der Waals surface area contributed by atoms with E-state index in [4.69, 9.17) is 5.73 Å². The van der Waals surface area contributed by atoms with Gasteiger partial charge < -0.3 is 11.1 Å². The van der Waals surface area contributed by atoms with Crippen LogP contribution in [0.2, 0.25) is 0 Å². The second kappa shape index (κ2) is 5.68. The molecular formula is C16H17F3N2. The van der Waals surface area contributed by atoms with E-state index >= 15 is 0 Å². The summed E-state index contributed by atoms with van der Waals surface area (Å²) in [6.07, 6.45) is -4.45. The second-order valence-corrected chi connectivity index (χ2v) is 5.20. The average molecular weight is 294 g/mol. The van der Waals surface area contributed by atoms with E-state index in [1.807, 2.05) is 12.1 Å². The predicted molar refractivity (Wildman–Crippen MR) is 79.7 cm³/mol. The summed E-state index contributed by atoms with van der Waals surface area (Å²) >= 11 is 0. The zero-order chi connectivity index (χ0) is 15.6. The van der Waals surface area contributed by atoms with E-state index < -0.39 is 11.7 Å². The van der Waals surface area contributed by atoms with Gasteiger partial charge in [0.25, 0.3) is 0 Å². The highest BCUT2D eigenvalue weighted by atomic mass is 19.4. The number of anilines is 3. The van der Waals surface area contributed by atoms with Crippen LogP contribution in [-0.2, 0) is 6.18 Å². The van der Waals surface area contributed by atoms with Gasteiger partial charge in [-0.05, 0) is 41.8 Å². The Bertz CT molecular complexity index is 616. The Labute approximate surface area is 121 Å². The van der Waals surface area contributed by atoms with Crippen LogP contribution in [0.15, 0.2) is 42.5 Å². The van der Waals surface area contributed by atoms with Crippen molar-refractivity contribution in [3.8, 4) is 0 Å². The van der Waals surface area contributed by atoms with E-state index in [0.29, 0.717) is 11.6 Å². The van der Waals surface area contributed by atoms with Crippen LogP contribution in [0.3, 0.4) is 0 Å². The lowest BCUT2D eigenvalue weighted by Crippen LogP contribution is -2.09. The molecule has 3 N–H and O–H groups in total. The molecule has 0 aliphatic heterocycles. The number of rotatable bonds is 3. The maximum atomic E-state index is 13.0. The van der Waals surface area contributed by atoms with Crippen LogP contribution in [0, 0.1) is 0 Å². The van der Waals surface area contributed by atoms with Gasteiger partial charge in [-0.15, -0.1) is 0 Å². The fraction of sp³-hybridized carbons (Fsp3) is 0.250. The Hall–Kier alpha value is -2.17. The highest BCUT2D eigenvalue weighted by molar-refractivity contribution is 5.67. The predicted octanol–water partition coefficient (Wildman–Crippen LogP) is 5.15. The van der Waals surface area contributed by atoms with E-state index in [0.717, 1.165) is 11.6 Å². The van der Waals surface area contributed by atoms with Crippen molar-refractivity contribution >= 4 is 17.1 Å². The molecule has 5 heteroatoms. The lowest BCUT2D eigenvalue weighted by atomic mass is 10.0. The Kier molecular flexibility index (Phi) is 4.11. The number of alkyl halides is 3. The highest BCUT2D eigenvalue weighted by Gasteiger charge is 2.33. The van der Waals surface area contributed by atoms with Gasteiger partial charge in [-0.2, -0.15) is 13.2 Å². The number of halogens is 3. The SMILES string of the molecule is CC(C)c1ccc(Nc2ccc(N)cc2C(F)(F)F)cc1. The molecule has 2 nitrogen and oxygen atoms in total. The van der Waals surface area contributed by atoms with Gasteiger partial charge in [0.05, 0.1) is 11.3 Å². The first kappa shape index (κ1) is 15.2. The van der Waals surface area contributed by atoms with Crippen LogP contribution in [0.25, 0.3) is 0 Å². The molecule has 2 aromatic rings. The van der Waals surface area contributed by atoms with Gasteiger partial charge in [0, 0.05) is 11.4 Å². The van der Waals surface area contributed by atoms with Crippen molar-refractivity contribution in [3.05, 3.63) is 53.6 Å². The smallest absolute Gasteiger partial charge is 0.399 e. The van der Waals surface area contributed by atoms with Crippen LogP contribution >= 0.6 is 0 Å². The molecule has 0 bridgehead atoms. The van der Waals surface area contributed by atoms with Crippen molar-refractivity contribution < 1.29 is 13.2 Å². The molecule has 112 valence electrons. The summed E-state index contributed by atoms with van der Waals surface area (Å²) in [7, 11) is 0. The molecule has 21 heavy (non-hydrogen) atoms. The molecule has 0 saturated heterocycles. The quantitative estimate of drug-likeness (QED) is 0.768. The fourth-order valence-corrected chi connectivity index (χ4v) is 2.01. The summed E-state index contributed by atoms with van der Waals surface area (Å²) in [5.74, 6) is 0.376. The van der Waals surface area contributed by atoms with Crippen molar-refractivity contribution in [2.24, 2.45) is 0 Å². The molecule has 0 aliphatic carbocycles. The van der Waals surface area contributed by atoms with Crippen molar-refractivity contribution in [1.29, 1.82) is 0 Å². The summed E-state index contributed by atoms with van der Waals surface area (Å²) in [4.78, 5) is 0. The number of nitrogen functional groups attached to an aromatic ring is 1. The van der Waals surface area contributed by atoms with Crippen LogP contribution in [0.4, 0.5) is 30.2 Å². The molecular weight excluding hydrogens is 277 g/mol. The third kappa shape index (κ3) is 3.68. The lowest BCUT2D eigenvalue weighted by molar-refractivity contribution is -0.136. The van der Waals surface area contributed by atoms with Crippen LogP contribution in [-0.4, -0.2) is 0 Å². The summed E-state index contributed by atoms with van der Waals surface area (Å²) in [6, 6.07) is 11.1. The molecule has 0 aliphatic rings. The Morgan fingerprint density at radius 1 is 1.00 bits per heavy atom. The van der Waals surface area contributed by atoms with E-state index in [-0.39, 0.29) is 11.4 Å². The minimum absolute atomic E-state index is 0.00556. The monoisotopic (exact) mass is 294 g/mol. The molecule has 0 amide bonds. The number of hydrogen-bond acceptors (Lipinski definition) is 2. The fourth-order valence-electron chi connectivity index (χ4n) is 2.01. The van der Waals surface area contributed by atoms with Gasteiger partial charge in [-0.1, -0.05) is 26.0 Å². The number of benzene rings is 2. The molecule has 0 spiro atoms. The zero-order valence-corrected chi connectivity index (χ0v) is 11.8. The first-order valence-electron chi connectivity index (χ1n) is 6.61. The van der Waals surface area contributed by atoms with Gasteiger partial charge in [-0.3, -0.25) is 0 Å². The molecule has 2 aromatic carbocycles. The number of nitrogens with one attached hydrogen (secondary N) is 1. The largest absolute Gasteiger partial charge is 0.418 e. The van der Waals surface area contributed by atoms with Crippen molar-refractivity contribution in [2.75, 3.05) is 11.1 Å². The molecule has 2 rings (SSSR count). The first-order valence-corrected chi connectivity index (χ1v) is 6.61. The topological polar surface area (TPSA) is 38.0 Å². The normalized spacial score (nSPS) is 11.7. The molecule has 0 radical (unpaired) electrons. The minimum atomic E-state index is -4.45. The van der Waals surface area contributed by atoms with E-state index in [2.05, 4.69) is 19.2 Å². The Balaban J connectivity index is 2.31. The molecule has 0 fully saturated rings. The summed E-state index contributed by atoms with van der Waals surface area (Å²) in [5, 5.41) is 2.80. The van der Waals surface area contributed by atoms with E-state index in [9.17, 15) is 13.2 Å². The van der Waals surface area contributed by atoms with E-state index in [1.165, 1.54) is 12.1 Å². The van der Waals surface area contributed by atoms with Crippen LogP contribution < -0.4 is 11.1 Å². The molecule has 0 heterocycles. The maximum Gasteiger partial charge on any atom is 0.418 e. The molecule has 0 atom stereocenters. The van der Waals surface area contributed by atoms with Crippen molar-refractivity contribution in [3.63, 3.8) is 0 Å². The van der Waals surface area contributed by atoms with E-state index in [1.54, 1.807) is 12.1 Å². The standard InChI is InChI=1S/C16H17F3N2/c1-10(2)11-3-6-13(7-4-11)21-15-8-5-12(20)9-14(15)16(17,18)19/h3-10,21H,20H2,1-2H3. The summed E-state index contributed by atoms with van der Waals surface area (Å²) < 4.78 is 39.0. The van der Waals surface area contributed by atoms with Gasteiger partial charge in [0.15, 0.2) is 0 Å². The minimum Gasteiger partial charge on any atom is -0.399 e. The summed E-state index contributed by atoms with van der Waals surface area (Å²) in [5.41, 5.74) is 6.49. The highest BCUT2D eigenvalue weighted by Crippen LogP contribution is 2.37. The number of nitrogens with two attached hydrogens (primary N) is 1. The van der Waals surface area contributed by atoms with Crippen LogP contribution in [0.5, 0.6) is 0 Å². The third-order valence-electron chi connectivity index (χ3n) is 3.21. The third-order valence-corrected chi connectivity index (χ3v) is 3.21. The van der Waals surface area contributed by atoms with Gasteiger partial charge in [0.2, 0.25) is 0 Å². The maximum absolute atomic E-state index is 13.0. The molecule has 0 unspecified atom stereocenters. The van der Waals surface area contributed by atoms with Gasteiger partial charge in [0.1, 0.15) is 0 Å². The molecule has 0 saturated carbocycles. The second-order valence-electron chi connectivity index (χ2n) is 5.20. The van der Waals surface area contributed by atoms with Gasteiger partial charge in [-0.25, -0.2) is 0 Å². The average Bonchev–Trinajstić information content (AvgIpc) is 2.40. The Morgan fingerprint density at radius 2 is 1.62 bits per heavy atom.